The molecule has 2 aromatic heterocycles. The van der Waals surface area contributed by atoms with E-state index in [1.54, 1.807) is 6.26 Å². The van der Waals surface area contributed by atoms with Crippen molar-refractivity contribution in [2.24, 2.45) is 0 Å². The van der Waals surface area contributed by atoms with E-state index in [4.69, 9.17) is 4.42 Å². The average Bonchev–Trinajstić information content (AvgIpc) is 3.08. The molecule has 0 spiro atoms. The van der Waals surface area contributed by atoms with Crippen LogP contribution in [0.2, 0.25) is 0 Å². The molecule has 0 saturated carbocycles. The van der Waals surface area contributed by atoms with Crippen LogP contribution in [-0.2, 0) is 6.54 Å². The lowest BCUT2D eigenvalue weighted by atomic mass is 10.2. The van der Waals surface area contributed by atoms with Crippen LogP contribution in [-0.4, -0.2) is 16.3 Å². The quantitative estimate of drug-likeness (QED) is 0.762. The van der Waals surface area contributed by atoms with Crippen LogP contribution in [0.3, 0.4) is 0 Å². The molecule has 0 saturated heterocycles. The Kier molecular flexibility index (Phi) is 3.33. The van der Waals surface area contributed by atoms with Crippen molar-refractivity contribution in [1.82, 2.24) is 15.1 Å². The minimum atomic E-state index is 0.219. The van der Waals surface area contributed by atoms with Crippen LogP contribution in [0.4, 0.5) is 0 Å². The summed E-state index contributed by atoms with van der Waals surface area (Å²) in [6, 6.07) is 12.4. The zero-order chi connectivity index (χ0) is 13.1. The number of fused-ring (bicyclic) bond motifs is 1. The third kappa shape index (κ3) is 2.53. The van der Waals surface area contributed by atoms with E-state index in [1.165, 1.54) is 10.9 Å². The summed E-state index contributed by atoms with van der Waals surface area (Å²) in [6.45, 7) is 3.80. The van der Waals surface area contributed by atoms with Crippen LogP contribution < -0.4 is 5.32 Å². The Morgan fingerprint density at radius 3 is 3.00 bits per heavy atom. The van der Waals surface area contributed by atoms with Gasteiger partial charge in [0, 0.05) is 11.9 Å². The highest BCUT2D eigenvalue weighted by molar-refractivity contribution is 5.78. The molecular weight excluding hydrogens is 238 g/mol. The lowest BCUT2D eigenvalue weighted by molar-refractivity contribution is 0.420. The number of benzene rings is 1. The number of rotatable bonds is 5. The summed E-state index contributed by atoms with van der Waals surface area (Å²) in [6.07, 6.45) is 3.61. The number of aromatic nitrogens is 2. The standard InChI is InChI=1S/C15H17N3O/c1-12(15-7-4-10-19-15)16-8-9-18-14-6-3-2-5-13(14)11-17-18/h2-7,10-12,16H,8-9H2,1H3. The Morgan fingerprint density at radius 1 is 1.26 bits per heavy atom. The van der Waals surface area contributed by atoms with Gasteiger partial charge in [0.2, 0.25) is 0 Å². The lowest BCUT2D eigenvalue weighted by Crippen LogP contribution is -2.23. The van der Waals surface area contributed by atoms with Gasteiger partial charge in [-0.2, -0.15) is 5.10 Å². The fraction of sp³-hybridized carbons (Fsp3) is 0.267. The molecule has 4 nitrogen and oxygen atoms in total. The van der Waals surface area contributed by atoms with Gasteiger partial charge in [-0.05, 0) is 25.1 Å². The summed E-state index contributed by atoms with van der Waals surface area (Å²) >= 11 is 0. The van der Waals surface area contributed by atoms with E-state index in [0.717, 1.165) is 18.8 Å². The van der Waals surface area contributed by atoms with E-state index in [-0.39, 0.29) is 6.04 Å². The van der Waals surface area contributed by atoms with Gasteiger partial charge in [-0.3, -0.25) is 4.68 Å². The topological polar surface area (TPSA) is 43.0 Å². The highest BCUT2D eigenvalue weighted by atomic mass is 16.3. The molecule has 1 N–H and O–H groups in total. The Labute approximate surface area is 112 Å². The normalized spacial score (nSPS) is 12.9. The number of hydrogen-bond acceptors (Lipinski definition) is 3. The number of furan rings is 1. The maximum Gasteiger partial charge on any atom is 0.120 e. The van der Waals surface area contributed by atoms with Crippen LogP contribution in [0.5, 0.6) is 0 Å². The molecular formula is C15H17N3O. The highest BCUT2D eigenvalue weighted by Gasteiger charge is 2.07. The van der Waals surface area contributed by atoms with E-state index in [2.05, 4.69) is 29.5 Å². The van der Waals surface area contributed by atoms with Crippen LogP contribution in [0.15, 0.2) is 53.3 Å². The zero-order valence-corrected chi connectivity index (χ0v) is 10.9. The monoisotopic (exact) mass is 255 g/mol. The van der Waals surface area contributed by atoms with Crippen molar-refractivity contribution in [2.45, 2.75) is 19.5 Å². The number of nitrogens with one attached hydrogen (secondary N) is 1. The molecule has 98 valence electrons. The van der Waals surface area contributed by atoms with Gasteiger partial charge in [-0.15, -0.1) is 0 Å². The van der Waals surface area contributed by atoms with Crippen LogP contribution in [0, 0.1) is 0 Å². The maximum atomic E-state index is 5.37. The van der Waals surface area contributed by atoms with E-state index < -0.39 is 0 Å². The average molecular weight is 255 g/mol. The second-order valence-electron chi connectivity index (χ2n) is 4.62. The SMILES string of the molecule is CC(NCCn1ncc2ccccc21)c1ccco1. The molecule has 0 fully saturated rings. The van der Waals surface area contributed by atoms with E-state index >= 15 is 0 Å². The molecule has 0 aliphatic heterocycles. The van der Waals surface area contributed by atoms with Gasteiger partial charge in [-0.25, -0.2) is 0 Å². The molecule has 0 aliphatic rings. The van der Waals surface area contributed by atoms with Crippen molar-refractivity contribution in [3.63, 3.8) is 0 Å². The third-order valence-electron chi connectivity index (χ3n) is 3.30. The van der Waals surface area contributed by atoms with Crippen LogP contribution >= 0.6 is 0 Å². The predicted molar refractivity (Wildman–Crippen MR) is 74.9 cm³/mol. The summed E-state index contributed by atoms with van der Waals surface area (Å²) in [5.41, 5.74) is 1.18. The van der Waals surface area contributed by atoms with E-state index in [9.17, 15) is 0 Å². The largest absolute Gasteiger partial charge is 0.468 e. The van der Waals surface area contributed by atoms with Crippen molar-refractivity contribution in [3.05, 3.63) is 54.6 Å². The molecule has 2 heterocycles. The second-order valence-corrected chi connectivity index (χ2v) is 4.62. The lowest BCUT2D eigenvalue weighted by Gasteiger charge is -2.11. The van der Waals surface area contributed by atoms with E-state index in [0.29, 0.717) is 0 Å². The van der Waals surface area contributed by atoms with Crippen LogP contribution in [0.25, 0.3) is 10.9 Å². The Hall–Kier alpha value is -2.07. The summed E-state index contributed by atoms with van der Waals surface area (Å²) < 4.78 is 7.39. The molecule has 4 heteroatoms. The molecule has 0 aliphatic carbocycles. The Morgan fingerprint density at radius 2 is 2.16 bits per heavy atom. The van der Waals surface area contributed by atoms with Gasteiger partial charge in [0.05, 0.1) is 30.6 Å². The fourth-order valence-corrected chi connectivity index (χ4v) is 2.23. The number of hydrogen-bond donors (Lipinski definition) is 1. The first-order valence-electron chi connectivity index (χ1n) is 6.52. The zero-order valence-electron chi connectivity index (χ0n) is 10.9. The van der Waals surface area contributed by atoms with Gasteiger partial charge < -0.3 is 9.73 Å². The fourth-order valence-electron chi connectivity index (χ4n) is 2.23. The highest BCUT2D eigenvalue weighted by Crippen LogP contribution is 2.13. The first kappa shape index (κ1) is 12.0. The smallest absolute Gasteiger partial charge is 0.120 e. The van der Waals surface area contributed by atoms with Gasteiger partial charge in [0.25, 0.3) is 0 Å². The Balaban J connectivity index is 1.61. The van der Waals surface area contributed by atoms with Crippen molar-refractivity contribution in [3.8, 4) is 0 Å². The number of para-hydroxylation sites is 1. The van der Waals surface area contributed by atoms with Crippen LogP contribution in [0.1, 0.15) is 18.7 Å². The summed E-state index contributed by atoms with van der Waals surface area (Å²) in [5.74, 6) is 0.963. The molecule has 0 amide bonds. The second kappa shape index (κ2) is 5.28. The summed E-state index contributed by atoms with van der Waals surface area (Å²) in [4.78, 5) is 0. The molecule has 0 radical (unpaired) electrons. The van der Waals surface area contributed by atoms with Crippen molar-refractivity contribution < 1.29 is 4.42 Å². The molecule has 1 aromatic carbocycles. The first-order valence-corrected chi connectivity index (χ1v) is 6.52. The Bertz CT molecular complexity index is 642. The minimum absolute atomic E-state index is 0.219. The first-order chi connectivity index (χ1) is 9.34. The molecule has 19 heavy (non-hydrogen) atoms. The molecule has 3 aromatic rings. The summed E-state index contributed by atoms with van der Waals surface area (Å²) in [7, 11) is 0. The third-order valence-corrected chi connectivity index (χ3v) is 3.30. The van der Waals surface area contributed by atoms with Gasteiger partial charge in [-0.1, -0.05) is 18.2 Å². The van der Waals surface area contributed by atoms with Gasteiger partial charge >= 0.3 is 0 Å². The molecule has 1 atom stereocenters. The van der Waals surface area contributed by atoms with E-state index in [1.807, 2.05) is 35.1 Å². The van der Waals surface area contributed by atoms with Gasteiger partial charge in [0.15, 0.2) is 0 Å². The number of nitrogens with zero attached hydrogens (tertiary/aromatic N) is 2. The molecule has 0 bridgehead atoms. The molecule has 1 unspecified atom stereocenters. The predicted octanol–water partition coefficient (Wildman–Crippen LogP) is 2.98. The van der Waals surface area contributed by atoms with Crippen molar-refractivity contribution in [1.29, 1.82) is 0 Å². The maximum absolute atomic E-state index is 5.37. The summed E-state index contributed by atoms with van der Waals surface area (Å²) in [5, 5.41) is 9.02. The molecule has 3 rings (SSSR count). The van der Waals surface area contributed by atoms with Crippen molar-refractivity contribution in [2.75, 3.05) is 6.54 Å². The minimum Gasteiger partial charge on any atom is -0.468 e. The van der Waals surface area contributed by atoms with Crippen molar-refractivity contribution >= 4 is 10.9 Å². The van der Waals surface area contributed by atoms with Gasteiger partial charge in [0.1, 0.15) is 5.76 Å².